The SMILES string of the molecule is O=C1CC[C@H](NCc2ccccc2-n2ccnc2)CCN1. The minimum absolute atomic E-state index is 0.165. The number of nitrogens with zero attached hydrogens (tertiary/aromatic N) is 2. The Labute approximate surface area is 124 Å². The number of imidazole rings is 1. The minimum Gasteiger partial charge on any atom is -0.356 e. The van der Waals surface area contributed by atoms with Gasteiger partial charge >= 0.3 is 0 Å². The Balaban J connectivity index is 1.67. The van der Waals surface area contributed by atoms with Gasteiger partial charge in [0.1, 0.15) is 0 Å². The lowest BCUT2D eigenvalue weighted by Gasteiger charge is -2.17. The lowest BCUT2D eigenvalue weighted by Crippen LogP contribution is -2.29. The van der Waals surface area contributed by atoms with Gasteiger partial charge in [-0.25, -0.2) is 4.98 Å². The van der Waals surface area contributed by atoms with Crippen molar-refractivity contribution in [2.75, 3.05) is 6.54 Å². The fourth-order valence-electron chi connectivity index (χ4n) is 2.70. The van der Waals surface area contributed by atoms with E-state index >= 15 is 0 Å². The predicted molar refractivity (Wildman–Crippen MR) is 81.1 cm³/mol. The third-order valence-electron chi connectivity index (χ3n) is 3.89. The Morgan fingerprint density at radius 1 is 1.33 bits per heavy atom. The first-order valence-corrected chi connectivity index (χ1v) is 7.39. The van der Waals surface area contributed by atoms with Gasteiger partial charge in [0, 0.05) is 37.9 Å². The molecule has 5 heteroatoms. The number of rotatable bonds is 4. The van der Waals surface area contributed by atoms with E-state index in [1.807, 2.05) is 23.2 Å². The average Bonchev–Trinajstić information content (AvgIpc) is 2.96. The summed E-state index contributed by atoms with van der Waals surface area (Å²) in [5.74, 6) is 0.165. The molecule has 0 unspecified atom stereocenters. The molecule has 5 nitrogen and oxygen atoms in total. The van der Waals surface area contributed by atoms with Crippen molar-refractivity contribution < 1.29 is 4.79 Å². The third kappa shape index (κ3) is 3.49. The number of amides is 1. The van der Waals surface area contributed by atoms with Crippen molar-refractivity contribution >= 4 is 5.91 Å². The van der Waals surface area contributed by atoms with Gasteiger partial charge in [-0.05, 0) is 24.5 Å². The average molecular weight is 284 g/mol. The molecule has 0 bridgehead atoms. The number of carbonyl (C=O) groups is 1. The van der Waals surface area contributed by atoms with E-state index in [-0.39, 0.29) is 5.91 Å². The van der Waals surface area contributed by atoms with Crippen molar-refractivity contribution in [2.24, 2.45) is 0 Å². The van der Waals surface area contributed by atoms with Crippen molar-refractivity contribution in [3.63, 3.8) is 0 Å². The molecule has 1 aliphatic rings. The molecule has 1 aromatic carbocycles. The largest absolute Gasteiger partial charge is 0.356 e. The molecule has 1 saturated heterocycles. The highest BCUT2D eigenvalue weighted by Crippen LogP contribution is 2.15. The van der Waals surface area contributed by atoms with Crippen LogP contribution in [-0.2, 0) is 11.3 Å². The van der Waals surface area contributed by atoms with Crippen molar-refractivity contribution in [3.05, 3.63) is 48.5 Å². The van der Waals surface area contributed by atoms with Gasteiger partial charge in [0.25, 0.3) is 0 Å². The topological polar surface area (TPSA) is 59.0 Å². The van der Waals surface area contributed by atoms with Crippen LogP contribution in [0.1, 0.15) is 24.8 Å². The van der Waals surface area contributed by atoms with Crippen LogP contribution in [0.3, 0.4) is 0 Å². The van der Waals surface area contributed by atoms with E-state index in [9.17, 15) is 4.79 Å². The Kier molecular flexibility index (Phi) is 4.31. The smallest absolute Gasteiger partial charge is 0.220 e. The van der Waals surface area contributed by atoms with Gasteiger partial charge < -0.3 is 15.2 Å². The highest BCUT2D eigenvalue weighted by molar-refractivity contribution is 5.76. The van der Waals surface area contributed by atoms with Gasteiger partial charge in [0.05, 0.1) is 12.0 Å². The van der Waals surface area contributed by atoms with Crippen molar-refractivity contribution in [1.82, 2.24) is 20.2 Å². The number of hydrogen-bond donors (Lipinski definition) is 2. The van der Waals surface area contributed by atoms with E-state index in [0.29, 0.717) is 12.5 Å². The first kappa shape index (κ1) is 13.8. The van der Waals surface area contributed by atoms with Crippen LogP contribution in [0.25, 0.3) is 5.69 Å². The Hall–Kier alpha value is -2.14. The lowest BCUT2D eigenvalue weighted by atomic mass is 10.1. The summed E-state index contributed by atoms with van der Waals surface area (Å²) in [7, 11) is 0. The molecule has 1 fully saturated rings. The predicted octanol–water partition coefficient (Wildman–Crippen LogP) is 1.63. The number of carbonyl (C=O) groups excluding carboxylic acids is 1. The Morgan fingerprint density at radius 2 is 2.24 bits per heavy atom. The summed E-state index contributed by atoms with van der Waals surface area (Å²) in [6, 6.07) is 8.70. The van der Waals surface area contributed by atoms with E-state index in [0.717, 1.165) is 31.6 Å². The number of hydrogen-bond acceptors (Lipinski definition) is 3. The number of para-hydroxylation sites is 1. The molecule has 1 atom stereocenters. The molecule has 2 aromatic rings. The first-order chi connectivity index (χ1) is 10.3. The summed E-state index contributed by atoms with van der Waals surface area (Å²) in [6.45, 7) is 1.56. The highest BCUT2D eigenvalue weighted by atomic mass is 16.1. The second-order valence-corrected chi connectivity index (χ2v) is 5.35. The van der Waals surface area contributed by atoms with E-state index in [1.54, 1.807) is 6.20 Å². The minimum atomic E-state index is 0.165. The fourth-order valence-corrected chi connectivity index (χ4v) is 2.70. The quantitative estimate of drug-likeness (QED) is 0.897. The summed E-state index contributed by atoms with van der Waals surface area (Å²) in [6.07, 6.45) is 8.05. The van der Waals surface area contributed by atoms with Crippen LogP contribution in [0, 0.1) is 0 Å². The van der Waals surface area contributed by atoms with Crippen LogP contribution in [0.5, 0.6) is 0 Å². The molecule has 0 saturated carbocycles. The molecule has 1 aliphatic heterocycles. The van der Waals surface area contributed by atoms with Gasteiger partial charge in [-0.15, -0.1) is 0 Å². The standard InChI is InChI=1S/C16H20N4O/c21-16-6-5-14(7-8-18-16)19-11-13-3-1-2-4-15(13)20-10-9-17-12-20/h1-4,9-10,12,14,19H,5-8,11H2,(H,18,21)/t14-/m0/s1. The third-order valence-corrected chi connectivity index (χ3v) is 3.89. The second-order valence-electron chi connectivity index (χ2n) is 5.35. The first-order valence-electron chi connectivity index (χ1n) is 7.39. The maximum Gasteiger partial charge on any atom is 0.220 e. The molecular weight excluding hydrogens is 264 g/mol. The molecule has 0 spiro atoms. The van der Waals surface area contributed by atoms with E-state index in [2.05, 4.69) is 33.8 Å². The summed E-state index contributed by atoms with van der Waals surface area (Å²) < 4.78 is 2.02. The van der Waals surface area contributed by atoms with Gasteiger partial charge in [-0.1, -0.05) is 18.2 Å². The molecule has 0 radical (unpaired) electrons. The molecule has 2 heterocycles. The van der Waals surface area contributed by atoms with Crippen LogP contribution < -0.4 is 10.6 Å². The van der Waals surface area contributed by atoms with Crippen molar-refractivity contribution in [3.8, 4) is 5.69 Å². The van der Waals surface area contributed by atoms with Crippen LogP contribution in [0.15, 0.2) is 43.0 Å². The van der Waals surface area contributed by atoms with Gasteiger partial charge in [-0.2, -0.15) is 0 Å². The van der Waals surface area contributed by atoms with E-state index in [1.165, 1.54) is 5.56 Å². The monoisotopic (exact) mass is 284 g/mol. The van der Waals surface area contributed by atoms with Crippen LogP contribution in [0.4, 0.5) is 0 Å². The second kappa shape index (κ2) is 6.54. The Bertz CT molecular complexity index is 594. The zero-order valence-electron chi connectivity index (χ0n) is 12.0. The molecule has 21 heavy (non-hydrogen) atoms. The van der Waals surface area contributed by atoms with Crippen LogP contribution >= 0.6 is 0 Å². The molecule has 1 aromatic heterocycles. The van der Waals surface area contributed by atoms with Crippen molar-refractivity contribution in [1.29, 1.82) is 0 Å². The summed E-state index contributed by atoms with van der Waals surface area (Å²) in [4.78, 5) is 15.5. The molecular formula is C16H20N4O. The molecule has 2 N–H and O–H groups in total. The maximum absolute atomic E-state index is 11.4. The zero-order valence-corrected chi connectivity index (χ0v) is 12.0. The molecule has 3 rings (SSSR count). The van der Waals surface area contributed by atoms with Gasteiger partial charge in [0.2, 0.25) is 5.91 Å². The lowest BCUT2D eigenvalue weighted by molar-refractivity contribution is -0.120. The van der Waals surface area contributed by atoms with Gasteiger partial charge in [0.15, 0.2) is 0 Å². The molecule has 110 valence electrons. The number of benzene rings is 1. The molecule has 1 amide bonds. The van der Waals surface area contributed by atoms with Crippen LogP contribution in [-0.4, -0.2) is 28.0 Å². The maximum atomic E-state index is 11.4. The van der Waals surface area contributed by atoms with E-state index < -0.39 is 0 Å². The normalized spacial score (nSPS) is 19.0. The fraction of sp³-hybridized carbons (Fsp3) is 0.375. The number of aromatic nitrogens is 2. The van der Waals surface area contributed by atoms with Crippen molar-refractivity contribution in [2.45, 2.75) is 31.8 Å². The number of nitrogens with one attached hydrogen (secondary N) is 2. The highest BCUT2D eigenvalue weighted by Gasteiger charge is 2.15. The molecule has 0 aliphatic carbocycles. The summed E-state index contributed by atoms with van der Waals surface area (Å²) >= 11 is 0. The van der Waals surface area contributed by atoms with Gasteiger partial charge in [-0.3, -0.25) is 4.79 Å². The summed E-state index contributed by atoms with van der Waals surface area (Å²) in [5.41, 5.74) is 2.38. The van der Waals surface area contributed by atoms with E-state index in [4.69, 9.17) is 0 Å². The Morgan fingerprint density at radius 3 is 3.10 bits per heavy atom. The van der Waals surface area contributed by atoms with Crippen LogP contribution in [0.2, 0.25) is 0 Å². The zero-order chi connectivity index (χ0) is 14.5. The summed E-state index contributed by atoms with van der Waals surface area (Å²) in [5, 5.41) is 6.49.